The van der Waals surface area contributed by atoms with Crippen molar-refractivity contribution in [1.29, 1.82) is 0 Å². The summed E-state index contributed by atoms with van der Waals surface area (Å²) in [4.78, 5) is 15.5. The van der Waals surface area contributed by atoms with E-state index in [1.165, 1.54) is 11.8 Å². The van der Waals surface area contributed by atoms with Crippen molar-refractivity contribution in [2.24, 2.45) is 5.84 Å². The lowest BCUT2D eigenvalue weighted by molar-refractivity contribution is 0.660. The average Bonchev–Trinajstić information content (AvgIpc) is 2.77. The largest absolute Gasteiger partial charge is 0.343 e. The number of nitrogens with one attached hydrogen (secondary N) is 2. The van der Waals surface area contributed by atoms with Gasteiger partial charge in [-0.3, -0.25) is 4.57 Å². The molecule has 8 heteroatoms. The number of nitrogens with zero attached hydrogens (tertiary/aromatic N) is 3. The number of hydrogen-bond acceptors (Lipinski definition) is 6. The van der Waals surface area contributed by atoms with Crippen LogP contribution in [0.5, 0.6) is 0 Å². The second-order valence-corrected chi connectivity index (χ2v) is 4.44. The van der Waals surface area contributed by atoms with Crippen LogP contribution in [0.2, 0.25) is 0 Å². The second-order valence-electron chi connectivity index (χ2n) is 3.50. The first kappa shape index (κ1) is 12.7. The van der Waals surface area contributed by atoms with E-state index in [-0.39, 0.29) is 5.69 Å². The first-order valence-corrected chi connectivity index (χ1v) is 6.43. The van der Waals surface area contributed by atoms with E-state index in [1.807, 2.05) is 19.1 Å². The molecule has 0 radical (unpaired) electrons. The first-order valence-electron chi connectivity index (χ1n) is 5.44. The summed E-state index contributed by atoms with van der Waals surface area (Å²) in [5, 5.41) is 7.07. The third-order valence-electron chi connectivity index (χ3n) is 2.42. The van der Waals surface area contributed by atoms with Gasteiger partial charge in [0, 0.05) is 24.1 Å². The van der Waals surface area contributed by atoms with E-state index in [4.69, 9.17) is 5.84 Å². The van der Waals surface area contributed by atoms with Crippen molar-refractivity contribution < 1.29 is 0 Å². The number of hydrazine groups is 1. The fourth-order valence-corrected chi connectivity index (χ4v) is 2.52. The van der Waals surface area contributed by atoms with Gasteiger partial charge in [-0.05, 0) is 13.0 Å². The Kier molecular flexibility index (Phi) is 4.00. The number of hydrogen-bond donors (Lipinski definition) is 3. The first-order chi connectivity index (χ1) is 8.76. The highest BCUT2D eigenvalue weighted by molar-refractivity contribution is 7.98. The van der Waals surface area contributed by atoms with Crippen molar-refractivity contribution in [3.63, 3.8) is 0 Å². The molecule has 2 aromatic rings. The molecule has 0 bridgehead atoms. The normalized spacial score (nSPS) is 10.6. The molecule has 0 aliphatic rings. The van der Waals surface area contributed by atoms with Crippen molar-refractivity contribution in [2.75, 3.05) is 5.43 Å². The number of aromatic amines is 1. The SMILES string of the molecule is CCn1c(SCc2cccnc2NN)n[nH]c1=O. The molecule has 0 atom stereocenters. The van der Waals surface area contributed by atoms with Crippen molar-refractivity contribution >= 4 is 17.6 Å². The van der Waals surface area contributed by atoms with Gasteiger partial charge in [-0.25, -0.2) is 20.7 Å². The van der Waals surface area contributed by atoms with Crippen molar-refractivity contribution in [1.82, 2.24) is 19.7 Å². The third kappa shape index (κ3) is 2.54. The number of anilines is 1. The maximum Gasteiger partial charge on any atom is 0.343 e. The molecule has 0 saturated carbocycles. The van der Waals surface area contributed by atoms with Crippen LogP contribution in [-0.2, 0) is 12.3 Å². The molecule has 2 heterocycles. The van der Waals surface area contributed by atoms with E-state index in [2.05, 4.69) is 20.6 Å². The lowest BCUT2D eigenvalue weighted by Gasteiger charge is -2.06. The third-order valence-corrected chi connectivity index (χ3v) is 3.45. The molecular weight excluding hydrogens is 252 g/mol. The molecule has 4 N–H and O–H groups in total. The van der Waals surface area contributed by atoms with Gasteiger partial charge in [0.25, 0.3) is 0 Å². The highest BCUT2D eigenvalue weighted by Gasteiger charge is 2.09. The minimum Gasteiger partial charge on any atom is -0.308 e. The van der Waals surface area contributed by atoms with Gasteiger partial charge in [0.2, 0.25) is 0 Å². The predicted molar refractivity (Wildman–Crippen MR) is 70.1 cm³/mol. The zero-order valence-corrected chi connectivity index (χ0v) is 10.7. The maximum atomic E-state index is 11.4. The Morgan fingerprint density at radius 1 is 1.61 bits per heavy atom. The van der Waals surface area contributed by atoms with Gasteiger partial charge in [0.05, 0.1) is 0 Å². The average molecular weight is 266 g/mol. The molecule has 0 amide bonds. The van der Waals surface area contributed by atoms with Crippen LogP contribution >= 0.6 is 11.8 Å². The van der Waals surface area contributed by atoms with Crippen molar-refractivity contribution in [2.45, 2.75) is 24.4 Å². The number of rotatable bonds is 5. The summed E-state index contributed by atoms with van der Waals surface area (Å²) >= 11 is 1.46. The van der Waals surface area contributed by atoms with E-state index >= 15 is 0 Å². The summed E-state index contributed by atoms with van der Waals surface area (Å²) < 4.78 is 1.58. The molecule has 96 valence electrons. The molecule has 0 fully saturated rings. The minimum atomic E-state index is -0.191. The van der Waals surface area contributed by atoms with Crippen LogP contribution in [-0.4, -0.2) is 19.7 Å². The standard InChI is InChI=1S/C10H14N6OS/c1-2-16-9(17)14-15-10(16)18-6-7-4-3-5-12-8(7)13-11/h3-5H,2,6,11H2,1H3,(H,12,13)(H,14,17). The quantitative estimate of drug-likeness (QED) is 0.415. The summed E-state index contributed by atoms with van der Waals surface area (Å²) in [6.45, 7) is 2.49. The molecule has 0 aliphatic heterocycles. The zero-order chi connectivity index (χ0) is 13.0. The molecule has 18 heavy (non-hydrogen) atoms. The molecule has 2 aromatic heterocycles. The Bertz CT molecular complexity index is 578. The number of nitrogen functional groups attached to an aromatic ring is 1. The van der Waals surface area contributed by atoms with Crippen LogP contribution in [0.4, 0.5) is 5.82 Å². The van der Waals surface area contributed by atoms with Crippen LogP contribution < -0.4 is 17.0 Å². The van der Waals surface area contributed by atoms with Crippen molar-refractivity contribution in [3.8, 4) is 0 Å². The summed E-state index contributed by atoms with van der Waals surface area (Å²) in [7, 11) is 0. The molecule has 0 saturated heterocycles. The summed E-state index contributed by atoms with van der Waals surface area (Å²) in [5.41, 5.74) is 3.31. The fourth-order valence-electron chi connectivity index (χ4n) is 1.52. The van der Waals surface area contributed by atoms with Gasteiger partial charge < -0.3 is 5.43 Å². The van der Waals surface area contributed by atoms with Crippen LogP contribution in [0.15, 0.2) is 28.3 Å². The van der Waals surface area contributed by atoms with Crippen LogP contribution in [0.3, 0.4) is 0 Å². The summed E-state index contributed by atoms with van der Waals surface area (Å²) in [6.07, 6.45) is 1.67. The van der Waals surface area contributed by atoms with Crippen LogP contribution in [0, 0.1) is 0 Å². The lowest BCUT2D eigenvalue weighted by atomic mass is 10.3. The second kappa shape index (κ2) is 5.69. The molecule has 0 spiro atoms. The van der Waals surface area contributed by atoms with E-state index in [1.54, 1.807) is 10.8 Å². The van der Waals surface area contributed by atoms with Gasteiger partial charge in [-0.2, -0.15) is 0 Å². The van der Waals surface area contributed by atoms with Gasteiger partial charge in [-0.1, -0.05) is 17.8 Å². The van der Waals surface area contributed by atoms with Gasteiger partial charge in [0.1, 0.15) is 5.82 Å². The van der Waals surface area contributed by atoms with E-state index in [0.717, 1.165) is 5.56 Å². The highest BCUT2D eigenvalue weighted by atomic mass is 32.2. The Morgan fingerprint density at radius 3 is 3.17 bits per heavy atom. The summed E-state index contributed by atoms with van der Waals surface area (Å²) in [6, 6.07) is 3.77. The predicted octanol–water partition coefficient (Wildman–Crippen LogP) is 0.564. The van der Waals surface area contributed by atoms with Gasteiger partial charge >= 0.3 is 5.69 Å². The molecular formula is C10H14N6OS. The number of thioether (sulfide) groups is 1. The monoisotopic (exact) mass is 266 g/mol. The highest BCUT2D eigenvalue weighted by Crippen LogP contribution is 2.22. The minimum absolute atomic E-state index is 0.191. The Hall–Kier alpha value is -1.80. The summed E-state index contributed by atoms with van der Waals surface area (Å²) in [5.74, 6) is 6.65. The van der Waals surface area contributed by atoms with E-state index < -0.39 is 0 Å². The number of nitrogens with two attached hydrogens (primary N) is 1. The topological polar surface area (TPSA) is 102 Å². The molecule has 0 aliphatic carbocycles. The molecule has 7 nitrogen and oxygen atoms in total. The number of pyridine rings is 1. The van der Waals surface area contributed by atoms with E-state index in [0.29, 0.717) is 23.3 Å². The van der Waals surface area contributed by atoms with Gasteiger partial charge in [0.15, 0.2) is 5.16 Å². The smallest absolute Gasteiger partial charge is 0.308 e. The molecule has 0 aromatic carbocycles. The zero-order valence-electron chi connectivity index (χ0n) is 9.88. The van der Waals surface area contributed by atoms with Crippen LogP contribution in [0.25, 0.3) is 0 Å². The van der Waals surface area contributed by atoms with Crippen LogP contribution in [0.1, 0.15) is 12.5 Å². The van der Waals surface area contributed by atoms with E-state index in [9.17, 15) is 4.79 Å². The molecule has 0 unspecified atom stereocenters. The molecule has 2 rings (SSSR count). The van der Waals surface area contributed by atoms with Crippen molar-refractivity contribution in [3.05, 3.63) is 34.4 Å². The Labute approximate surface area is 108 Å². The van der Waals surface area contributed by atoms with Gasteiger partial charge in [-0.15, -0.1) is 5.10 Å². The Balaban J connectivity index is 2.14. The Morgan fingerprint density at radius 2 is 2.44 bits per heavy atom. The lowest BCUT2D eigenvalue weighted by Crippen LogP contribution is -2.16. The maximum absolute atomic E-state index is 11.4. The fraction of sp³-hybridized carbons (Fsp3) is 0.300. The number of H-pyrrole nitrogens is 1. The number of aromatic nitrogens is 4.